The van der Waals surface area contributed by atoms with E-state index in [4.69, 9.17) is 16.3 Å². The molecule has 4 heterocycles. The van der Waals surface area contributed by atoms with Crippen LogP contribution in [0, 0.1) is 5.92 Å². The maximum absolute atomic E-state index is 12.9. The normalized spacial score (nSPS) is 25.6. The van der Waals surface area contributed by atoms with Crippen LogP contribution in [0.4, 0.5) is 5.82 Å². The molecule has 0 unspecified atom stereocenters. The molecule has 1 amide bonds. The van der Waals surface area contributed by atoms with Gasteiger partial charge in [-0.3, -0.25) is 9.69 Å². The fourth-order valence-electron chi connectivity index (χ4n) is 4.63. The Morgan fingerprint density at radius 1 is 1.11 bits per heavy atom. The van der Waals surface area contributed by atoms with Crippen molar-refractivity contribution >= 4 is 23.3 Å². The Balaban J connectivity index is 1.31. The summed E-state index contributed by atoms with van der Waals surface area (Å²) in [5.74, 6) is 1.39. The lowest BCUT2D eigenvalue weighted by Crippen LogP contribution is -2.52. The number of hydrogen-bond acceptors (Lipinski definition) is 5. The van der Waals surface area contributed by atoms with E-state index < -0.39 is 0 Å². The van der Waals surface area contributed by atoms with E-state index in [1.165, 1.54) is 0 Å². The molecule has 0 saturated carbocycles. The molecule has 3 aliphatic heterocycles. The number of nitrogens with zero attached hydrogens (tertiary/aromatic N) is 4. The van der Waals surface area contributed by atoms with Gasteiger partial charge in [-0.05, 0) is 44.4 Å². The van der Waals surface area contributed by atoms with Gasteiger partial charge < -0.3 is 14.5 Å². The highest BCUT2D eigenvalue weighted by molar-refractivity contribution is 6.32. The fraction of sp³-hybridized carbons (Fsp3) is 0.700. The number of morpholine rings is 1. The van der Waals surface area contributed by atoms with Crippen LogP contribution < -0.4 is 4.90 Å². The van der Waals surface area contributed by atoms with E-state index >= 15 is 0 Å². The second-order valence-electron chi connectivity index (χ2n) is 7.80. The topological polar surface area (TPSA) is 48.9 Å². The van der Waals surface area contributed by atoms with Crippen LogP contribution in [0.25, 0.3) is 0 Å². The van der Waals surface area contributed by atoms with Crippen molar-refractivity contribution in [3.8, 4) is 0 Å². The third-order valence-electron chi connectivity index (χ3n) is 6.14. The molecule has 0 radical (unpaired) electrons. The maximum Gasteiger partial charge on any atom is 0.227 e. The summed E-state index contributed by atoms with van der Waals surface area (Å²) in [6.07, 6.45) is 6.15. The SMILES string of the molecule is O=C([C@H]1CCCN(C2CCN(c3ncccc3Cl)CC2)C1)N1CCOCC1. The van der Waals surface area contributed by atoms with Crippen molar-refractivity contribution in [1.29, 1.82) is 0 Å². The minimum absolute atomic E-state index is 0.153. The van der Waals surface area contributed by atoms with Crippen molar-refractivity contribution in [3.05, 3.63) is 23.4 Å². The first-order chi connectivity index (χ1) is 13.2. The number of carbonyl (C=O) groups excluding carboxylic acids is 1. The molecule has 3 aliphatic rings. The minimum atomic E-state index is 0.153. The Kier molecular flexibility index (Phi) is 6.15. The third-order valence-corrected chi connectivity index (χ3v) is 6.44. The van der Waals surface area contributed by atoms with Gasteiger partial charge in [0.2, 0.25) is 5.91 Å². The lowest BCUT2D eigenvalue weighted by Gasteiger charge is -2.43. The van der Waals surface area contributed by atoms with E-state index in [1.54, 1.807) is 6.20 Å². The maximum atomic E-state index is 12.9. The Morgan fingerprint density at radius 3 is 2.63 bits per heavy atom. The Bertz CT molecular complexity index is 645. The summed E-state index contributed by atoms with van der Waals surface area (Å²) < 4.78 is 5.38. The highest BCUT2D eigenvalue weighted by Crippen LogP contribution is 2.29. The number of piperidine rings is 2. The van der Waals surface area contributed by atoms with E-state index in [0.29, 0.717) is 25.2 Å². The van der Waals surface area contributed by atoms with E-state index in [-0.39, 0.29) is 5.92 Å². The third kappa shape index (κ3) is 4.39. The van der Waals surface area contributed by atoms with Crippen LogP contribution in [-0.4, -0.2) is 79.2 Å². The predicted octanol–water partition coefficient (Wildman–Crippen LogP) is 2.27. The van der Waals surface area contributed by atoms with Gasteiger partial charge >= 0.3 is 0 Å². The molecular weight excluding hydrogens is 364 g/mol. The highest BCUT2D eigenvalue weighted by Gasteiger charge is 2.34. The zero-order chi connectivity index (χ0) is 18.6. The Labute approximate surface area is 166 Å². The average Bonchev–Trinajstić information content (AvgIpc) is 2.74. The molecule has 1 aromatic rings. The summed E-state index contributed by atoms with van der Waals surface area (Å²) in [6, 6.07) is 4.34. The molecule has 0 bridgehead atoms. The van der Waals surface area contributed by atoms with Gasteiger partial charge in [-0.1, -0.05) is 11.6 Å². The van der Waals surface area contributed by atoms with Gasteiger partial charge in [-0.15, -0.1) is 0 Å². The lowest BCUT2D eigenvalue weighted by atomic mass is 9.92. The first-order valence-corrected chi connectivity index (χ1v) is 10.6. The number of pyridine rings is 1. The van der Waals surface area contributed by atoms with Crippen LogP contribution in [0.2, 0.25) is 5.02 Å². The van der Waals surface area contributed by atoms with E-state index in [1.807, 2.05) is 17.0 Å². The monoisotopic (exact) mass is 392 g/mol. The Morgan fingerprint density at radius 2 is 1.89 bits per heavy atom. The van der Waals surface area contributed by atoms with Crippen LogP contribution in [-0.2, 0) is 9.53 Å². The van der Waals surface area contributed by atoms with E-state index in [0.717, 1.165) is 75.8 Å². The molecule has 0 aliphatic carbocycles. The predicted molar refractivity (Wildman–Crippen MR) is 106 cm³/mol. The van der Waals surface area contributed by atoms with Crippen molar-refractivity contribution in [2.75, 3.05) is 57.4 Å². The molecule has 0 aromatic carbocycles. The molecule has 0 N–H and O–H groups in total. The molecule has 1 atom stereocenters. The molecule has 7 heteroatoms. The van der Waals surface area contributed by atoms with Gasteiger partial charge in [-0.2, -0.15) is 0 Å². The van der Waals surface area contributed by atoms with Gasteiger partial charge in [0, 0.05) is 45.0 Å². The lowest BCUT2D eigenvalue weighted by molar-refractivity contribution is -0.141. The van der Waals surface area contributed by atoms with Crippen LogP contribution in [0.3, 0.4) is 0 Å². The number of likely N-dealkylation sites (tertiary alicyclic amines) is 1. The van der Waals surface area contributed by atoms with Crippen LogP contribution in [0.1, 0.15) is 25.7 Å². The van der Waals surface area contributed by atoms with Gasteiger partial charge in [0.15, 0.2) is 0 Å². The summed E-state index contributed by atoms with van der Waals surface area (Å²) in [4.78, 5) is 24.2. The average molecular weight is 393 g/mol. The van der Waals surface area contributed by atoms with Crippen molar-refractivity contribution in [2.45, 2.75) is 31.7 Å². The largest absolute Gasteiger partial charge is 0.378 e. The summed E-state index contributed by atoms with van der Waals surface area (Å²) in [6.45, 7) is 6.82. The number of halogens is 1. The molecule has 1 aromatic heterocycles. The molecule has 27 heavy (non-hydrogen) atoms. The van der Waals surface area contributed by atoms with E-state index in [9.17, 15) is 4.79 Å². The zero-order valence-electron chi connectivity index (χ0n) is 15.9. The van der Waals surface area contributed by atoms with Gasteiger partial charge in [-0.25, -0.2) is 4.98 Å². The van der Waals surface area contributed by atoms with Crippen molar-refractivity contribution in [1.82, 2.24) is 14.8 Å². The number of ether oxygens (including phenoxy) is 1. The summed E-state index contributed by atoms with van der Waals surface area (Å²) in [5.41, 5.74) is 0. The first kappa shape index (κ1) is 19.0. The quantitative estimate of drug-likeness (QED) is 0.789. The molecule has 0 spiro atoms. The molecular formula is C20H29ClN4O2. The van der Waals surface area contributed by atoms with Crippen LogP contribution >= 0.6 is 11.6 Å². The summed E-state index contributed by atoms with van der Waals surface area (Å²) in [5, 5.41) is 0.727. The molecule has 3 saturated heterocycles. The minimum Gasteiger partial charge on any atom is -0.378 e. The standard InChI is InChI=1S/C20H29ClN4O2/c21-18-4-1-7-22-19(18)23-9-5-17(6-10-23)25-8-2-3-16(15-25)20(26)24-11-13-27-14-12-24/h1,4,7,16-17H,2-3,5-6,8-15H2/t16-/m0/s1. The number of aromatic nitrogens is 1. The van der Waals surface area contributed by atoms with Gasteiger partial charge in [0.25, 0.3) is 0 Å². The van der Waals surface area contributed by atoms with Crippen LogP contribution in [0.15, 0.2) is 18.3 Å². The number of amides is 1. The highest BCUT2D eigenvalue weighted by atomic mass is 35.5. The van der Waals surface area contributed by atoms with Crippen molar-refractivity contribution < 1.29 is 9.53 Å². The van der Waals surface area contributed by atoms with Gasteiger partial charge in [0.1, 0.15) is 5.82 Å². The number of rotatable bonds is 3. The van der Waals surface area contributed by atoms with Crippen molar-refractivity contribution in [2.24, 2.45) is 5.92 Å². The molecule has 4 rings (SSSR count). The van der Waals surface area contributed by atoms with Crippen molar-refractivity contribution in [3.63, 3.8) is 0 Å². The Hall–Kier alpha value is -1.37. The second kappa shape index (κ2) is 8.76. The molecule has 6 nitrogen and oxygen atoms in total. The number of hydrogen-bond donors (Lipinski definition) is 0. The summed E-state index contributed by atoms with van der Waals surface area (Å²) in [7, 11) is 0. The van der Waals surface area contributed by atoms with E-state index in [2.05, 4.69) is 14.8 Å². The van der Waals surface area contributed by atoms with Crippen LogP contribution in [0.5, 0.6) is 0 Å². The number of carbonyl (C=O) groups is 1. The first-order valence-electron chi connectivity index (χ1n) is 10.2. The fourth-order valence-corrected chi connectivity index (χ4v) is 4.88. The second-order valence-corrected chi connectivity index (χ2v) is 8.21. The smallest absolute Gasteiger partial charge is 0.227 e. The zero-order valence-corrected chi connectivity index (χ0v) is 16.6. The molecule has 3 fully saturated rings. The summed E-state index contributed by atoms with van der Waals surface area (Å²) >= 11 is 6.30. The van der Waals surface area contributed by atoms with Gasteiger partial charge in [0.05, 0.1) is 24.2 Å². The number of anilines is 1. The molecule has 148 valence electrons.